The zero-order valence-electron chi connectivity index (χ0n) is 12.7. The molecule has 1 aliphatic heterocycles. The van der Waals surface area contributed by atoms with E-state index in [0.717, 1.165) is 37.7 Å². The quantitative estimate of drug-likeness (QED) is 0.830. The van der Waals surface area contributed by atoms with E-state index in [1.165, 1.54) is 0 Å². The number of piperidine rings is 1. The Morgan fingerprint density at radius 1 is 1.50 bits per heavy atom. The van der Waals surface area contributed by atoms with Gasteiger partial charge in [-0.25, -0.2) is 4.98 Å². The maximum absolute atomic E-state index is 12.3. The third kappa shape index (κ3) is 3.60. The Morgan fingerprint density at radius 3 is 2.85 bits per heavy atom. The highest BCUT2D eigenvalue weighted by atomic mass is 16.5. The second-order valence-corrected chi connectivity index (χ2v) is 5.57. The van der Waals surface area contributed by atoms with E-state index in [1.807, 2.05) is 29.5 Å². The zero-order chi connectivity index (χ0) is 14.5. The van der Waals surface area contributed by atoms with Crippen LogP contribution in [0.25, 0.3) is 0 Å². The summed E-state index contributed by atoms with van der Waals surface area (Å²) >= 11 is 0. The number of carbonyl (C=O) groups excluding carboxylic acids is 1. The molecule has 20 heavy (non-hydrogen) atoms. The van der Waals surface area contributed by atoms with Gasteiger partial charge in [0.15, 0.2) is 0 Å². The number of likely N-dealkylation sites (tertiary alicyclic amines) is 1. The molecule has 2 heterocycles. The van der Waals surface area contributed by atoms with Crippen LogP contribution in [0, 0.1) is 5.92 Å². The van der Waals surface area contributed by atoms with Gasteiger partial charge in [-0.1, -0.05) is 6.92 Å². The number of amides is 1. The topological polar surface area (TPSA) is 47.4 Å². The van der Waals surface area contributed by atoms with Crippen molar-refractivity contribution in [2.45, 2.75) is 46.3 Å². The average molecular weight is 279 g/mol. The summed E-state index contributed by atoms with van der Waals surface area (Å²) in [6.45, 7) is 8.95. The summed E-state index contributed by atoms with van der Waals surface area (Å²) in [7, 11) is 0. The molecule has 1 amide bonds. The van der Waals surface area contributed by atoms with Crippen molar-refractivity contribution >= 4 is 5.91 Å². The highest BCUT2D eigenvalue weighted by molar-refractivity contribution is 5.76. The largest absolute Gasteiger partial charge is 0.371 e. The van der Waals surface area contributed by atoms with Crippen LogP contribution in [-0.4, -0.2) is 40.1 Å². The lowest BCUT2D eigenvalue weighted by atomic mass is 9.99. The van der Waals surface area contributed by atoms with Gasteiger partial charge < -0.3 is 14.2 Å². The highest BCUT2D eigenvalue weighted by Crippen LogP contribution is 2.18. The molecule has 1 aromatic rings. The fourth-order valence-electron chi connectivity index (χ4n) is 2.64. The summed E-state index contributed by atoms with van der Waals surface area (Å²) in [5, 5.41) is 0. The van der Waals surface area contributed by atoms with Crippen LogP contribution in [0.15, 0.2) is 12.4 Å². The summed E-state index contributed by atoms with van der Waals surface area (Å²) in [6, 6.07) is 0. The van der Waals surface area contributed by atoms with Gasteiger partial charge in [0.2, 0.25) is 5.91 Å². The number of hydrogen-bond donors (Lipinski definition) is 0. The molecule has 1 atom stereocenters. The molecule has 5 nitrogen and oxygen atoms in total. The molecule has 1 fully saturated rings. The number of aromatic nitrogens is 2. The molecular formula is C15H25N3O2. The van der Waals surface area contributed by atoms with Crippen molar-refractivity contribution in [3.05, 3.63) is 18.2 Å². The molecule has 112 valence electrons. The molecule has 0 saturated carbocycles. The predicted octanol–water partition coefficient (Wildman–Crippen LogP) is 2.24. The first-order chi connectivity index (χ1) is 9.61. The van der Waals surface area contributed by atoms with Crippen LogP contribution in [0.2, 0.25) is 0 Å². The second-order valence-electron chi connectivity index (χ2n) is 5.57. The van der Waals surface area contributed by atoms with Crippen LogP contribution < -0.4 is 0 Å². The molecule has 0 N–H and O–H groups in total. The van der Waals surface area contributed by atoms with Gasteiger partial charge in [-0.2, -0.15) is 0 Å². The van der Waals surface area contributed by atoms with Crippen molar-refractivity contribution in [2.75, 3.05) is 19.7 Å². The highest BCUT2D eigenvalue weighted by Gasteiger charge is 2.21. The maximum Gasteiger partial charge on any atom is 0.242 e. The van der Waals surface area contributed by atoms with Crippen molar-refractivity contribution in [3.63, 3.8) is 0 Å². The summed E-state index contributed by atoms with van der Waals surface area (Å²) in [5.74, 6) is 1.74. The minimum absolute atomic E-state index is 0.0795. The van der Waals surface area contributed by atoms with Crippen LogP contribution in [0.1, 0.15) is 45.5 Å². The van der Waals surface area contributed by atoms with Crippen LogP contribution in [0.5, 0.6) is 0 Å². The number of rotatable bonds is 5. The Labute approximate surface area is 120 Å². The average Bonchev–Trinajstić information content (AvgIpc) is 2.88. The van der Waals surface area contributed by atoms with E-state index in [2.05, 4.69) is 11.9 Å². The Kier molecular flexibility index (Phi) is 5.17. The maximum atomic E-state index is 12.3. The van der Waals surface area contributed by atoms with Crippen LogP contribution in [0.3, 0.4) is 0 Å². The van der Waals surface area contributed by atoms with Gasteiger partial charge in [0, 0.05) is 32.1 Å². The monoisotopic (exact) mass is 279 g/mol. The van der Waals surface area contributed by atoms with E-state index in [0.29, 0.717) is 13.2 Å². The number of ether oxygens (including phenoxy) is 1. The number of hydrogen-bond acceptors (Lipinski definition) is 3. The first-order valence-electron chi connectivity index (χ1n) is 7.52. The standard InChI is InChI=1S/C15H25N3O2/c1-4-20-13(3)15-16-7-10-18(15)11-14(19)17-8-5-12(2)6-9-17/h7,10,12-13H,4-6,8-9,11H2,1-3H3. The van der Waals surface area contributed by atoms with E-state index in [-0.39, 0.29) is 12.0 Å². The van der Waals surface area contributed by atoms with Crippen molar-refractivity contribution in [2.24, 2.45) is 5.92 Å². The second kappa shape index (κ2) is 6.88. The van der Waals surface area contributed by atoms with Crippen molar-refractivity contribution in [1.29, 1.82) is 0 Å². The van der Waals surface area contributed by atoms with Crippen LogP contribution >= 0.6 is 0 Å². The zero-order valence-corrected chi connectivity index (χ0v) is 12.7. The molecule has 1 saturated heterocycles. The number of carbonyl (C=O) groups is 1. The fraction of sp³-hybridized carbons (Fsp3) is 0.733. The lowest BCUT2D eigenvalue weighted by molar-refractivity contribution is -0.133. The van der Waals surface area contributed by atoms with Crippen LogP contribution in [0.4, 0.5) is 0 Å². The predicted molar refractivity (Wildman–Crippen MR) is 77.2 cm³/mol. The van der Waals surface area contributed by atoms with Crippen molar-refractivity contribution in [1.82, 2.24) is 14.5 Å². The Hall–Kier alpha value is -1.36. The van der Waals surface area contributed by atoms with Gasteiger partial charge in [-0.3, -0.25) is 4.79 Å². The van der Waals surface area contributed by atoms with E-state index < -0.39 is 0 Å². The molecular weight excluding hydrogens is 254 g/mol. The molecule has 0 aromatic carbocycles. The van der Waals surface area contributed by atoms with Gasteiger partial charge in [0.25, 0.3) is 0 Å². The fourth-order valence-corrected chi connectivity index (χ4v) is 2.64. The summed E-state index contributed by atoms with van der Waals surface area (Å²) in [4.78, 5) is 18.6. The van der Waals surface area contributed by atoms with E-state index in [4.69, 9.17) is 4.74 Å². The van der Waals surface area contributed by atoms with Gasteiger partial charge in [-0.15, -0.1) is 0 Å². The molecule has 0 aliphatic carbocycles. The number of nitrogens with zero attached hydrogens (tertiary/aromatic N) is 3. The van der Waals surface area contributed by atoms with Crippen molar-refractivity contribution in [3.8, 4) is 0 Å². The summed E-state index contributed by atoms with van der Waals surface area (Å²) in [6.07, 6.45) is 5.73. The lowest BCUT2D eigenvalue weighted by Crippen LogP contribution is -2.40. The van der Waals surface area contributed by atoms with E-state index in [1.54, 1.807) is 6.20 Å². The molecule has 0 spiro atoms. The lowest BCUT2D eigenvalue weighted by Gasteiger charge is -2.30. The Morgan fingerprint density at radius 2 is 2.20 bits per heavy atom. The molecule has 0 bridgehead atoms. The van der Waals surface area contributed by atoms with E-state index >= 15 is 0 Å². The third-order valence-corrected chi connectivity index (χ3v) is 3.97. The first-order valence-corrected chi connectivity index (χ1v) is 7.52. The summed E-state index contributed by atoms with van der Waals surface area (Å²) in [5.41, 5.74) is 0. The Bertz CT molecular complexity index is 436. The third-order valence-electron chi connectivity index (χ3n) is 3.97. The Balaban J connectivity index is 1.96. The van der Waals surface area contributed by atoms with Crippen molar-refractivity contribution < 1.29 is 9.53 Å². The van der Waals surface area contributed by atoms with E-state index in [9.17, 15) is 4.79 Å². The molecule has 0 radical (unpaired) electrons. The van der Waals surface area contributed by atoms with Gasteiger partial charge >= 0.3 is 0 Å². The van der Waals surface area contributed by atoms with Gasteiger partial charge in [0.05, 0.1) is 0 Å². The van der Waals surface area contributed by atoms with Gasteiger partial charge in [0.1, 0.15) is 18.5 Å². The van der Waals surface area contributed by atoms with Crippen LogP contribution in [-0.2, 0) is 16.1 Å². The minimum atomic E-state index is -0.0795. The first kappa shape index (κ1) is 15.0. The molecule has 1 unspecified atom stereocenters. The normalized spacial score (nSPS) is 18.2. The number of imidazole rings is 1. The molecule has 1 aliphatic rings. The minimum Gasteiger partial charge on any atom is -0.371 e. The molecule has 5 heteroatoms. The molecule has 1 aromatic heterocycles. The smallest absolute Gasteiger partial charge is 0.242 e. The summed E-state index contributed by atoms with van der Waals surface area (Å²) < 4.78 is 7.46. The van der Waals surface area contributed by atoms with Gasteiger partial charge in [-0.05, 0) is 32.6 Å². The molecule has 2 rings (SSSR count). The SMILES string of the molecule is CCOC(C)c1nccn1CC(=O)N1CCC(C)CC1.